The molecule has 1 fully saturated rings. The molecule has 0 spiro atoms. The fraction of sp³-hybridized carbons (Fsp3) is 0.533. The SMILES string of the molecule is CNc1nc(C)cc(C(=O)N2C[C@@H](N(C)C)[C@@H](n3ccnn3)C2)n1. The summed E-state index contributed by atoms with van der Waals surface area (Å²) in [5.41, 5.74) is 1.16. The highest BCUT2D eigenvalue weighted by Gasteiger charge is 2.38. The third kappa shape index (κ3) is 3.07. The van der Waals surface area contributed by atoms with Gasteiger partial charge in [0.2, 0.25) is 5.95 Å². The second-order valence-electron chi connectivity index (χ2n) is 6.16. The molecule has 1 N–H and O–H groups in total. The highest BCUT2D eigenvalue weighted by Crippen LogP contribution is 2.25. The number of aromatic nitrogens is 5. The second-order valence-corrected chi connectivity index (χ2v) is 6.16. The molecule has 0 radical (unpaired) electrons. The van der Waals surface area contributed by atoms with Gasteiger partial charge in [-0.25, -0.2) is 14.6 Å². The summed E-state index contributed by atoms with van der Waals surface area (Å²) in [6, 6.07) is 1.96. The number of carbonyl (C=O) groups excluding carboxylic acids is 1. The first kappa shape index (κ1) is 16.3. The van der Waals surface area contributed by atoms with Crippen LogP contribution in [0.15, 0.2) is 18.5 Å². The number of anilines is 1. The van der Waals surface area contributed by atoms with Crippen molar-refractivity contribution in [3.8, 4) is 0 Å². The first-order chi connectivity index (χ1) is 11.5. The minimum Gasteiger partial charge on any atom is -0.357 e. The van der Waals surface area contributed by atoms with Gasteiger partial charge >= 0.3 is 0 Å². The quantitative estimate of drug-likeness (QED) is 0.846. The molecule has 1 aliphatic heterocycles. The van der Waals surface area contributed by atoms with Gasteiger partial charge in [-0.15, -0.1) is 5.10 Å². The Balaban J connectivity index is 1.85. The Bertz CT molecular complexity index is 714. The molecule has 1 aliphatic rings. The topological polar surface area (TPSA) is 92.1 Å². The van der Waals surface area contributed by atoms with Crippen molar-refractivity contribution >= 4 is 11.9 Å². The number of amides is 1. The van der Waals surface area contributed by atoms with Crippen molar-refractivity contribution in [2.75, 3.05) is 39.5 Å². The number of aryl methyl sites for hydroxylation is 1. The fourth-order valence-electron chi connectivity index (χ4n) is 3.05. The molecule has 0 aliphatic carbocycles. The number of rotatable bonds is 4. The lowest BCUT2D eigenvalue weighted by molar-refractivity contribution is 0.0775. The van der Waals surface area contributed by atoms with Crippen LogP contribution in [0, 0.1) is 6.92 Å². The number of carbonyl (C=O) groups is 1. The predicted molar refractivity (Wildman–Crippen MR) is 88.8 cm³/mol. The largest absolute Gasteiger partial charge is 0.357 e. The average Bonchev–Trinajstić information content (AvgIpc) is 3.22. The monoisotopic (exact) mass is 330 g/mol. The summed E-state index contributed by atoms with van der Waals surface area (Å²) in [5.74, 6) is 0.362. The van der Waals surface area contributed by atoms with E-state index >= 15 is 0 Å². The molecule has 2 aromatic rings. The van der Waals surface area contributed by atoms with Crippen LogP contribution in [0.5, 0.6) is 0 Å². The fourth-order valence-corrected chi connectivity index (χ4v) is 3.05. The lowest BCUT2D eigenvalue weighted by Gasteiger charge is -2.24. The third-order valence-electron chi connectivity index (χ3n) is 4.29. The number of hydrogen-bond donors (Lipinski definition) is 1. The number of nitrogens with one attached hydrogen (secondary N) is 1. The second kappa shape index (κ2) is 6.52. The van der Waals surface area contributed by atoms with Crippen molar-refractivity contribution in [2.45, 2.75) is 19.0 Å². The van der Waals surface area contributed by atoms with Crippen LogP contribution in [0.2, 0.25) is 0 Å². The average molecular weight is 330 g/mol. The molecule has 128 valence electrons. The Morgan fingerprint density at radius 1 is 1.33 bits per heavy atom. The van der Waals surface area contributed by atoms with Crippen LogP contribution >= 0.6 is 0 Å². The maximum absolute atomic E-state index is 12.9. The molecule has 0 saturated carbocycles. The summed E-state index contributed by atoms with van der Waals surface area (Å²) in [4.78, 5) is 25.4. The summed E-state index contributed by atoms with van der Waals surface area (Å²) >= 11 is 0. The number of likely N-dealkylation sites (N-methyl/N-ethyl adjacent to an activating group) is 1. The lowest BCUT2D eigenvalue weighted by atomic mass is 10.1. The first-order valence-electron chi connectivity index (χ1n) is 7.84. The molecule has 0 aromatic carbocycles. The third-order valence-corrected chi connectivity index (χ3v) is 4.29. The van der Waals surface area contributed by atoms with Crippen molar-refractivity contribution < 1.29 is 4.79 Å². The van der Waals surface area contributed by atoms with Gasteiger partial charge in [-0.3, -0.25) is 4.79 Å². The molecule has 1 saturated heterocycles. The Labute approximate surface area is 140 Å². The zero-order valence-electron chi connectivity index (χ0n) is 14.3. The maximum Gasteiger partial charge on any atom is 0.272 e. The van der Waals surface area contributed by atoms with E-state index in [1.54, 1.807) is 19.3 Å². The molecule has 24 heavy (non-hydrogen) atoms. The summed E-state index contributed by atoms with van der Waals surface area (Å²) in [6.07, 6.45) is 3.49. The molecule has 9 nitrogen and oxygen atoms in total. The van der Waals surface area contributed by atoms with E-state index in [-0.39, 0.29) is 18.0 Å². The van der Waals surface area contributed by atoms with Crippen LogP contribution in [-0.2, 0) is 0 Å². The number of hydrogen-bond acceptors (Lipinski definition) is 7. The van der Waals surface area contributed by atoms with Crippen molar-refractivity contribution in [3.05, 3.63) is 29.8 Å². The van der Waals surface area contributed by atoms with Crippen LogP contribution in [0.3, 0.4) is 0 Å². The van der Waals surface area contributed by atoms with E-state index in [0.29, 0.717) is 24.7 Å². The smallest absolute Gasteiger partial charge is 0.272 e. The normalized spacial score (nSPS) is 20.6. The van der Waals surface area contributed by atoms with Crippen molar-refractivity contribution in [2.24, 2.45) is 0 Å². The highest BCUT2D eigenvalue weighted by molar-refractivity contribution is 5.93. The van der Waals surface area contributed by atoms with Gasteiger partial charge in [0.05, 0.1) is 18.3 Å². The zero-order valence-corrected chi connectivity index (χ0v) is 14.3. The van der Waals surface area contributed by atoms with Gasteiger partial charge in [0.15, 0.2) is 0 Å². The van der Waals surface area contributed by atoms with Crippen LogP contribution in [0.25, 0.3) is 0 Å². The highest BCUT2D eigenvalue weighted by atomic mass is 16.2. The van der Waals surface area contributed by atoms with Gasteiger partial charge in [0.1, 0.15) is 5.69 Å². The molecule has 3 heterocycles. The van der Waals surface area contributed by atoms with Crippen LogP contribution in [0.4, 0.5) is 5.95 Å². The van der Waals surface area contributed by atoms with Crippen molar-refractivity contribution in [1.29, 1.82) is 0 Å². The van der Waals surface area contributed by atoms with E-state index in [0.717, 1.165) is 5.69 Å². The summed E-state index contributed by atoms with van der Waals surface area (Å²) in [6.45, 7) is 3.04. The molecular weight excluding hydrogens is 308 g/mol. The van der Waals surface area contributed by atoms with Crippen LogP contribution in [0.1, 0.15) is 22.2 Å². The van der Waals surface area contributed by atoms with Crippen LogP contribution in [-0.4, -0.2) is 80.9 Å². The number of likely N-dealkylation sites (tertiary alicyclic amines) is 1. The Kier molecular flexibility index (Phi) is 4.43. The van der Waals surface area contributed by atoms with Crippen LogP contribution < -0.4 is 5.32 Å². The zero-order chi connectivity index (χ0) is 17.3. The molecular formula is C15H22N8O. The van der Waals surface area contributed by atoms with Gasteiger partial charge in [0.25, 0.3) is 5.91 Å². The Hall–Kier alpha value is -2.55. The van der Waals surface area contributed by atoms with Crippen molar-refractivity contribution in [3.63, 3.8) is 0 Å². The summed E-state index contributed by atoms with van der Waals surface area (Å²) in [5, 5.41) is 10.9. The maximum atomic E-state index is 12.9. The Morgan fingerprint density at radius 3 is 2.75 bits per heavy atom. The number of nitrogens with zero attached hydrogens (tertiary/aromatic N) is 7. The molecule has 0 unspecified atom stereocenters. The van der Waals surface area contributed by atoms with Gasteiger partial charge in [-0.05, 0) is 27.1 Å². The standard InChI is InChI=1S/C15H22N8O/c1-10-7-11(19-15(16-2)18-10)14(24)22-8-12(21(3)4)13(9-22)23-6-5-17-20-23/h5-7,12-13H,8-9H2,1-4H3,(H,16,18,19)/t12-,13+/m1/s1. The van der Waals surface area contributed by atoms with Gasteiger partial charge in [0, 0.05) is 32.0 Å². The lowest BCUT2D eigenvalue weighted by Crippen LogP contribution is -2.37. The molecule has 2 aromatic heterocycles. The minimum absolute atomic E-state index is 0.0677. The minimum atomic E-state index is -0.0912. The molecule has 9 heteroatoms. The molecule has 0 bridgehead atoms. The van der Waals surface area contributed by atoms with E-state index in [2.05, 4.69) is 30.5 Å². The van der Waals surface area contributed by atoms with Gasteiger partial charge in [-0.1, -0.05) is 5.21 Å². The predicted octanol–water partition coefficient (Wildman–Crippen LogP) is 0.0455. The molecule has 2 atom stereocenters. The summed E-state index contributed by atoms with van der Waals surface area (Å²) < 4.78 is 1.82. The van der Waals surface area contributed by atoms with Gasteiger partial charge in [-0.2, -0.15) is 0 Å². The van der Waals surface area contributed by atoms with Gasteiger partial charge < -0.3 is 15.1 Å². The van der Waals surface area contributed by atoms with Crippen molar-refractivity contribution in [1.82, 2.24) is 34.8 Å². The summed E-state index contributed by atoms with van der Waals surface area (Å²) in [7, 11) is 5.76. The van der Waals surface area contributed by atoms with E-state index in [9.17, 15) is 4.79 Å². The first-order valence-corrected chi connectivity index (χ1v) is 7.84. The van der Waals surface area contributed by atoms with E-state index in [1.807, 2.05) is 36.8 Å². The van der Waals surface area contributed by atoms with E-state index < -0.39 is 0 Å². The molecule has 1 amide bonds. The molecule has 3 rings (SSSR count). The van der Waals surface area contributed by atoms with E-state index in [1.165, 1.54) is 0 Å². The van der Waals surface area contributed by atoms with E-state index in [4.69, 9.17) is 0 Å². The Morgan fingerprint density at radius 2 is 2.12 bits per heavy atom.